The van der Waals surface area contributed by atoms with Gasteiger partial charge in [-0.3, -0.25) is 10.4 Å². The number of hydrogen-bond donors (Lipinski definition) is 2. The quantitative estimate of drug-likeness (QED) is 0.652. The van der Waals surface area contributed by atoms with E-state index in [1.54, 1.807) is 12.4 Å². The van der Waals surface area contributed by atoms with Crippen molar-refractivity contribution in [1.82, 2.24) is 4.98 Å². The molecule has 2 aromatic rings. The summed E-state index contributed by atoms with van der Waals surface area (Å²) in [7, 11) is 0. The van der Waals surface area contributed by atoms with E-state index in [4.69, 9.17) is 11.1 Å². The van der Waals surface area contributed by atoms with Gasteiger partial charge in [0.05, 0.1) is 0 Å². The van der Waals surface area contributed by atoms with Crippen LogP contribution >= 0.6 is 15.9 Å². The Balaban J connectivity index is 2.36. The third kappa shape index (κ3) is 3.36. The number of amidine groups is 1. The summed E-state index contributed by atoms with van der Waals surface area (Å²) in [4.78, 5) is 6.22. The average Bonchev–Trinajstić information content (AvgIpc) is 2.45. The number of rotatable bonds is 5. The van der Waals surface area contributed by atoms with Crippen LogP contribution < -0.4 is 10.6 Å². The van der Waals surface area contributed by atoms with Gasteiger partial charge in [-0.25, -0.2) is 0 Å². The van der Waals surface area contributed by atoms with Crippen LogP contribution in [0.2, 0.25) is 0 Å². The molecule has 1 aromatic heterocycles. The molecule has 0 aliphatic rings. The summed E-state index contributed by atoms with van der Waals surface area (Å²) in [6.07, 6.45) is 3.58. The molecular weight excluding hydrogens is 316 g/mol. The minimum atomic E-state index is 0.0840. The number of hydrogen-bond acceptors (Lipinski definition) is 3. The minimum Gasteiger partial charge on any atom is -0.384 e. The summed E-state index contributed by atoms with van der Waals surface area (Å²) < 4.78 is 0.977. The van der Waals surface area contributed by atoms with Gasteiger partial charge in [0.25, 0.3) is 0 Å². The summed E-state index contributed by atoms with van der Waals surface area (Å²) in [6, 6.07) is 9.76. The van der Waals surface area contributed by atoms with Crippen molar-refractivity contribution in [1.29, 1.82) is 5.41 Å². The molecule has 2 rings (SSSR count). The highest BCUT2D eigenvalue weighted by Crippen LogP contribution is 2.26. The number of nitrogen functional groups attached to an aromatic ring is 1. The van der Waals surface area contributed by atoms with E-state index in [1.165, 1.54) is 5.56 Å². The Hall–Kier alpha value is -1.88. The third-order valence-electron chi connectivity index (χ3n) is 3.10. The van der Waals surface area contributed by atoms with Gasteiger partial charge < -0.3 is 10.6 Å². The first-order valence-electron chi connectivity index (χ1n) is 6.39. The van der Waals surface area contributed by atoms with Gasteiger partial charge in [-0.2, -0.15) is 0 Å². The lowest BCUT2D eigenvalue weighted by atomic mass is 10.1. The van der Waals surface area contributed by atoms with Crippen LogP contribution in [-0.2, 0) is 6.54 Å². The summed E-state index contributed by atoms with van der Waals surface area (Å²) in [6.45, 7) is 3.68. The maximum absolute atomic E-state index is 7.72. The molecule has 0 aliphatic carbocycles. The lowest BCUT2D eigenvalue weighted by Crippen LogP contribution is -2.25. The van der Waals surface area contributed by atoms with Gasteiger partial charge in [-0.1, -0.05) is 15.9 Å². The molecule has 20 heavy (non-hydrogen) atoms. The van der Waals surface area contributed by atoms with Crippen molar-refractivity contribution in [2.75, 3.05) is 11.4 Å². The number of halogens is 1. The summed E-state index contributed by atoms with van der Waals surface area (Å²) >= 11 is 3.48. The van der Waals surface area contributed by atoms with Crippen LogP contribution in [0.15, 0.2) is 47.2 Å². The molecule has 0 amide bonds. The van der Waals surface area contributed by atoms with Gasteiger partial charge in [0.15, 0.2) is 0 Å². The van der Waals surface area contributed by atoms with Crippen molar-refractivity contribution in [2.45, 2.75) is 13.5 Å². The fourth-order valence-corrected chi connectivity index (χ4v) is 2.42. The molecule has 1 heterocycles. The second kappa shape index (κ2) is 6.52. The van der Waals surface area contributed by atoms with Gasteiger partial charge in [-0.15, -0.1) is 0 Å². The Kier molecular flexibility index (Phi) is 4.74. The summed E-state index contributed by atoms with van der Waals surface area (Å²) in [5.41, 5.74) is 8.58. The molecular formula is C15H17BrN4. The Morgan fingerprint density at radius 2 is 2.00 bits per heavy atom. The fourth-order valence-electron chi connectivity index (χ4n) is 2.07. The number of aromatic nitrogens is 1. The minimum absolute atomic E-state index is 0.0840. The first kappa shape index (κ1) is 14.5. The van der Waals surface area contributed by atoms with E-state index in [2.05, 4.69) is 32.7 Å². The number of benzene rings is 1. The topological polar surface area (TPSA) is 66.0 Å². The van der Waals surface area contributed by atoms with Crippen LogP contribution in [0.4, 0.5) is 5.69 Å². The molecule has 0 atom stereocenters. The zero-order valence-electron chi connectivity index (χ0n) is 11.3. The first-order valence-corrected chi connectivity index (χ1v) is 7.19. The molecule has 5 heteroatoms. The smallest absolute Gasteiger partial charge is 0.124 e. The van der Waals surface area contributed by atoms with Crippen molar-refractivity contribution < 1.29 is 0 Å². The molecule has 0 bridgehead atoms. The molecule has 0 aliphatic heterocycles. The SMILES string of the molecule is CCN(Cc1ccncc1)c1cc(Br)ccc1C(=N)N. The Bertz CT molecular complexity index is 598. The fraction of sp³-hybridized carbons (Fsp3) is 0.200. The lowest BCUT2D eigenvalue weighted by Gasteiger charge is -2.26. The van der Waals surface area contributed by atoms with E-state index >= 15 is 0 Å². The van der Waals surface area contributed by atoms with E-state index in [9.17, 15) is 0 Å². The largest absolute Gasteiger partial charge is 0.384 e. The van der Waals surface area contributed by atoms with Crippen molar-refractivity contribution in [2.24, 2.45) is 5.73 Å². The molecule has 0 saturated heterocycles. The van der Waals surface area contributed by atoms with Gasteiger partial charge >= 0.3 is 0 Å². The third-order valence-corrected chi connectivity index (χ3v) is 3.59. The standard InChI is InChI=1S/C15H17BrN4/c1-2-20(10-11-5-7-19-8-6-11)14-9-12(16)3-4-13(14)15(17)18/h3-9H,2,10H2,1H3,(H3,17,18). The Labute approximate surface area is 127 Å². The highest BCUT2D eigenvalue weighted by molar-refractivity contribution is 9.10. The molecule has 0 radical (unpaired) electrons. The van der Waals surface area contributed by atoms with E-state index in [-0.39, 0.29) is 5.84 Å². The first-order chi connectivity index (χ1) is 9.61. The van der Waals surface area contributed by atoms with Gasteiger partial charge in [-0.05, 0) is 42.8 Å². The molecule has 104 valence electrons. The van der Waals surface area contributed by atoms with Gasteiger partial charge in [0.1, 0.15) is 5.84 Å². The predicted octanol–water partition coefficient (Wildman–Crippen LogP) is 3.15. The van der Waals surface area contributed by atoms with Crippen molar-refractivity contribution in [3.05, 3.63) is 58.3 Å². The number of nitrogens with one attached hydrogen (secondary N) is 1. The zero-order chi connectivity index (χ0) is 14.5. The van der Waals surface area contributed by atoms with Crippen LogP contribution in [0.3, 0.4) is 0 Å². The number of pyridine rings is 1. The van der Waals surface area contributed by atoms with E-state index in [0.717, 1.165) is 28.8 Å². The monoisotopic (exact) mass is 332 g/mol. The Morgan fingerprint density at radius 3 is 2.60 bits per heavy atom. The van der Waals surface area contributed by atoms with Gasteiger partial charge in [0, 0.05) is 41.2 Å². The molecule has 4 nitrogen and oxygen atoms in total. The zero-order valence-corrected chi connectivity index (χ0v) is 12.9. The molecule has 0 fully saturated rings. The normalized spacial score (nSPS) is 10.3. The molecule has 3 N–H and O–H groups in total. The van der Waals surface area contributed by atoms with E-state index < -0.39 is 0 Å². The second-order valence-electron chi connectivity index (χ2n) is 4.44. The summed E-state index contributed by atoms with van der Waals surface area (Å²) in [5.74, 6) is 0.0840. The highest BCUT2D eigenvalue weighted by atomic mass is 79.9. The Morgan fingerprint density at radius 1 is 1.30 bits per heavy atom. The lowest BCUT2D eigenvalue weighted by molar-refractivity contribution is 0.828. The number of nitrogens with two attached hydrogens (primary N) is 1. The van der Waals surface area contributed by atoms with E-state index in [0.29, 0.717) is 0 Å². The number of nitrogens with zero attached hydrogens (tertiary/aromatic N) is 2. The maximum Gasteiger partial charge on any atom is 0.124 e. The molecule has 0 unspecified atom stereocenters. The van der Waals surface area contributed by atoms with Crippen molar-refractivity contribution in [3.63, 3.8) is 0 Å². The van der Waals surface area contributed by atoms with Crippen molar-refractivity contribution >= 4 is 27.5 Å². The highest BCUT2D eigenvalue weighted by Gasteiger charge is 2.13. The molecule has 1 aromatic carbocycles. The van der Waals surface area contributed by atoms with Crippen LogP contribution in [0.1, 0.15) is 18.1 Å². The average molecular weight is 333 g/mol. The van der Waals surface area contributed by atoms with E-state index in [1.807, 2.05) is 30.3 Å². The number of anilines is 1. The second-order valence-corrected chi connectivity index (χ2v) is 5.36. The van der Waals surface area contributed by atoms with Gasteiger partial charge in [0.2, 0.25) is 0 Å². The predicted molar refractivity (Wildman–Crippen MR) is 86.1 cm³/mol. The van der Waals surface area contributed by atoms with Crippen LogP contribution in [0.5, 0.6) is 0 Å². The van der Waals surface area contributed by atoms with Crippen LogP contribution in [-0.4, -0.2) is 17.4 Å². The molecule has 0 saturated carbocycles. The maximum atomic E-state index is 7.72. The summed E-state index contributed by atoms with van der Waals surface area (Å²) in [5, 5.41) is 7.72. The van der Waals surface area contributed by atoms with Crippen molar-refractivity contribution in [3.8, 4) is 0 Å². The molecule has 0 spiro atoms. The van der Waals surface area contributed by atoms with Crippen LogP contribution in [0.25, 0.3) is 0 Å². The van der Waals surface area contributed by atoms with Crippen LogP contribution in [0, 0.1) is 5.41 Å².